The van der Waals surface area contributed by atoms with Crippen molar-refractivity contribution in [1.82, 2.24) is 15.2 Å². The summed E-state index contributed by atoms with van der Waals surface area (Å²) in [6.45, 7) is 6.30. The molecule has 5 heteroatoms. The van der Waals surface area contributed by atoms with Crippen LogP contribution in [0, 0.1) is 18.3 Å². The normalized spacial score (nSPS) is 24.6. The molecule has 0 saturated carbocycles. The minimum absolute atomic E-state index is 0.0109. The summed E-state index contributed by atoms with van der Waals surface area (Å²) in [4.78, 5) is 19.1. The molecule has 1 N–H and O–H groups in total. The number of pyridine rings is 1. The molecule has 2 aliphatic heterocycles. The van der Waals surface area contributed by atoms with E-state index in [2.05, 4.69) is 27.3 Å². The molecule has 1 aromatic rings. The number of amides is 1. The van der Waals surface area contributed by atoms with Crippen LogP contribution in [0.1, 0.15) is 24.2 Å². The molecule has 2 saturated heterocycles. The van der Waals surface area contributed by atoms with Crippen LogP contribution >= 0.6 is 0 Å². The molecular weight excluding hydrogens is 278 g/mol. The number of carbonyl (C=O) groups is 1. The Balaban J connectivity index is 1.61. The van der Waals surface area contributed by atoms with Crippen LogP contribution in [0.2, 0.25) is 0 Å². The molecule has 0 aliphatic carbocycles. The minimum atomic E-state index is 0.0109. The Morgan fingerprint density at radius 1 is 1.41 bits per heavy atom. The van der Waals surface area contributed by atoms with Crippen LogP contribution in [0.15, 0.2) is 18.2 Å². The zero-order valence-corrected chi connectivity index (χ0v) is 13.5. The summed E-state index contributed by atoms with van der Waals surface area (Å²) < 4.78 is 5.27. The van der Waals surface area contributed by atoms with E-state index in [0.717, 1.165) is 50.4 Å². The van der Waals surface area contributed by atoms with Crippen molar-refractivity contribution in [3.63, 3.8) is 0 Å². The molecule has 0 radical (unpaired) electrons. The largest absolute Gasteiger partial charge is 0.384 e. The first-order valence-electron chi connectivity index (χ1n) is 8.04. The molecular formula is C17H25N3O2. The number of aryl methyl sites for hydroxylation is 1. The fraction of sp³-hybridized carbons (Fsp3) is 0.647. The Bertz CT molecular complexity index is 538. The Kier molecular flexibility index (Phi) is 4.45. The third kappa shape index (κ3) is 3.01. The maximum atomic E-state index is 12.0. The van der Waals surface area contributed by atoms with Crippen LogP contribution in [0.25, 0.3) is 0 Å². The van der Waals surface area contributed by atoms with E-state index in [4.69, 9.17) is 4.74 Å². The average molecular weight is 303 g/mol. The van der Waals surface area contributed by atoms with Gasteiger partial charge in [-0.15, -0.1) is 0 Å². The summed E-state index contributed by atoms with van der Waals surface area (Å²) in [7, 11) is 1.68. The van der Waals surface area contributed by atoms with Gasteiger partial charge in [0.15, 0.2) is 0 Å². The van der Waals surface area contributed by atoms with Crippen LogP contribution in [0.5, 0.6) is 0 Å². The van der Waals surface area contributed by atoms with E-state index in [1.54, 1.807) is 7.11 Å². The zero-order valence-electron chi connectivity index (χ0n) is 13.5. The van der Waals surface area contributed by atoms with Gasteiger partial charge in [-0.3, -0.25) is 14.7 Å². The van der Waals surface area contributed by atoms with E-state index < -0.39 is 0 Å². The maximum Gasteiger partial charge on any atom is 0.226 e. The highest BCUT2D eigenvalue weighted by molar-refractivity contribution is 5.82. The molecule has 0 aromatic carbocycles. The number of likely N-dealkylation sites (tertiary alicyclic amines) is 1. The number of aromatic nitrogens is 1. The van der Waals surface area contributed by atoms with Crippen molar-refractivity contribution in [2.45, 2.75) is 26.3 Å². The first-order valence-corrected chi connectivity index (χ1v) is 8.04. The maximum absolute atomic E-state index is 12.0. The Morgan fingerprint density at radius 3 is 2.86 bits per heavy atom. The molecule has 1 amide bonds. The standard InChI is InChI=1S/C17H25N3O2/c1-13-4-3-5-14(19-13)10-20-8-6-17(7-9-20)12-18-16(21)15(17)11-22-2/h3-5,15H,6-12H2,1-2H3,(H,18,21)/t15-/m0/s1. The van der Waals surface area contributed by atoms with E-state index in [0.29, 0.717) is 6.61 Å². The lowest BCUT2D eigenvalue weighted by Gasteiger charge is -2.41. The predicted molar refractivity (Wildman–Crippen MR) is 84.3 cm³/mol. The second-order valence-electron chi connectivity index (χ2n) is 6.63. The van der Waals surface area contributed by atoms with Crippen molar-refractivity contribution in [3.05, 3.63) is 29.6 Å². The van der Waals surface area contributed by atoms with E-state index in [1.165, 1.54) is 0 Å². The molecule has 2 fully saturated rings. The third-order valence-corrected chi connectivity index (χ3v) is 5.19. The third-order valence-electron chi connectivity index (χ3n) is 5.19. The van der Waals surface area contributed by atoms with Gasteiger partial charge in [-0.25, -0.2) is 0 Å². The van der Waals surface area contributed by atoms with E-state index in [-0.39, 0.29) is 17.2 Å². The van der Waals surface area contributed by atoms with Gasteiger partial charge in [-0.2, -0.15) is 0 Å². The summed E-state index contributed by atoms with van der Waals surface area (Å²) in [5.74, 6) is 0.174. The Morgan fingerprint density at radius 2 is 2.18 bits per heavy atom. The van der Waals surface area contributed by atoms with Crippen molar-refractivity contribution in [1.29, 1.82) is 0 Å². The number of methoxy groups -OCH3 is 1. The van der Waals surface area contributed by atoms with E-state index in [1.807, 2.05) is 13.0 Å². The predicted octanol–water partition coefficient (Wildman–Crippen LogP) is 1.36. The van der Waals surface area contributed by atoms with Gasteiger partial charge in [0.25, 0.3) is 0 Å². The summed E-state index contributed by atoms with van der Waals surface area (Å²) in [6.07, 6.45) is 2.09. The molecule has 1 atom stereocenters. The van der Waals surface area contributed by atoms with Crippen LogP contribution < -0.4 is 5.32 Å². The molecule has 120 valence electrons. The van der Waals surface area contributed by atoms with Gasteiger partial charge in [0.1, 0.15) is 0 Å². The molecule has 1 spiro atoms. The lowest BCUT2D eigenvalue weighted by Crippen LogP contribution is -2.45. The number of ether oxygens (including phenoxy) is 1. The average Bonchev–Trinajstić information content (AvgIpc) is 2.80. The van der Waals surface area contributed by atoms with Gasteiger partial charge >= 0.3 is 0 Å². The van der Waals surface area contributed by atoms with Crippen molar-refractivity contribution in [2.24, 2.45) is 11.3 Å². The topological polar surface area (TPSA) is 54.5 Å². The monoisotopic (exact) mass is 303 g/mol. The summed E-state index contributed by atoms with van der Waals surface area (Å²) in [5, 5.41) is 3.04. The molecule has 0 unspecified atom stereocenters. The highest BCUT2D eigenvalue weighted by atomic mass is 16.5. The van der Waals surface area contributed by atoms with Gasteiger partial charge in [0, 0.05) is 31.3 Å². The quantitative estimate of drug-likeness (QED) is 0.912. The fourth-order valence-corrected chi connectivity index (χ4v) is 3.81. The van der Waals surface area contributed by atoms with Crippen molar-refractivity contribution in [3.8, 4) is 0 Å². The number of nitrogens with zero attached hydrogens (tertiary/aromatic N) is 2. The minimum Gasteiger partial charge on any atom is -0.384 e. The lowest BCUT2D eigenvalue weighted by molar-refractivity contribution is -0.126. The summed E-state index contributed by atoms with van der Waals surface area (Å²) >= 11 is 0. The van der Waals surface area contributed by atoms with Gasteiger partial charge in [0.2, 0.25) is 5.91 Å². The van der Waals surface area contributed by atoms with Crippen molar-refractivity contribution in [2.75, 3.05) is 33.4 Å². The van der Waals surface area contributed by atoms with Gasteiger partial charge in [-0.1, -0.05) is 6.07 Å². The zero-order chi connectivity index (χ0) is 15.6. The number of nitrogens with one attached hydrogen (secondary N) is 1. The Hall–Kier alpha value is -1.46. The molecule has 22 heavy (non-hydrogen) atoms. The number of hydrogen-bond donors (Lipinski definition) is 1. The number of hydrogen-bond acceptors (Lipinski definition) is 4. The fourth-order valence-electron chi connectivity index (χ4n) is 3.81. The van der Waals surface area contributed by atoms with Crippen LogP contribution in [-0.2, 0) is 16.1 Å². The molecule has 0 bridgehead atoms. The van der Waals surface area contributed by atoms with E-state index in [9.17, 15) is 4.79 Å². The first kappa shape index (κ1) is 15.4. The first-order chi connectivity index (χ1) is 10.6. The molecule has 5 nitrogen and oxygen atoms in total. The lowest BCUT2D eigenvalue weighted by atomic mass is 9.71. The number of rotatable bonds is 4. The SMILES string of the molecule is COC[C@H]1C(=O)NCC12CCN(Cc1cccc(C)n1)CC2. The second kappa shape index (κ2) is 6.34. The van der Waals surface area contributed by atoms with Crippen LogP contribution in [-0.4, -0.2) is 49.1 Å². The molecule has 2 aliphatic rings. The van der Waals surface area contributed by atoms with Crippen molar-refractivity contribution < 1.29 is 9.53 Å². The number of carbonyl (C=O) groups excluding carboxylic acids is 1. The smallest absolute Gasteiger partial charge is 0.226 e. The highest BCUT2D eigenvalue weighted by Crippen LogP contribution is 2.42. The molecule has 3 rings (SSSR count). The van der Waals surface area contributed by atoms with Gasteiger partial charge < -0.3 is 10.1 Å². The highest BCUT2D eigenvalue weighted by Gasteiger charge is 2.49. The van der Waals surface area contributed by atoms with Gasteiger partial charge in [-0.05, 0) is 45.0 Å². The molecule has 3 heterocycles. The summed E-state index contributed by atoms with van der Waals surface area (Å²) in [5.41, 5.74) is 2.28. The second-order valence-corrected chi connectivity index (χ2v) is 6.63. The van der Waals surface area contributed by atoms with Crippen molar-refractivity contribution >= 4 is 5.91 Å². The Labute approximate surface area is 132 Å². The van der Waals surface area contributed by atoms with E-state index >= 15 is 0 Å². The summed E-state index contributed by atoms with van der Waals surface area (Å²) in [6, 6.07) is 6.18. The van der Waals surface area contributed by atoms with Gasteiger partial charge in [0.05, 0.1) is 18.2 Å². The van der Waals surface area contributed by atoms with Crippen LogP contribution in [0.3, 0.4) is 0 Å². The molecule has 1 aromatic heterocycles. The van der Waals surface area contributed by atoms with Crippen LogP contribution in [0.4, 0.5) is 0 Å². The number of piperidine rings is 1.